The van der Waals surface area contributed by atoms with Gasteiger partial charge in [-0.1, -0.05) is 0 Å². The van der Waals surface area contributed by atoms with Crippen molar-refractivity contribution in [3.05, 3.63) is 67.0 Å². The number of benzene rings is 1. The molecule has 0 saturated heterocycles. The molecule has 1 aromatic heterocycles. The fraction of sp³-hybridized carbons (Fsp3) is 0. The lowest BCUT2D eigenvalue weighted by Gasteiger charge is -2.05. The molecule has 0 radical (unpaired) electrons. The molecule has 0 atom stereocenters. The predicted octanol–water partition coefficient (Wildman–Crippen LogP) is 2.30. The van der Waals surface area contributed by atoms with Crippen molar-refractivity contribution < 1.29 is 9.72 Å². The molecule has 1 amide bonds. The van der Waals surface area contributed by atoms with E-state index in [4.69, 9.17) is 0 Å². The Hall–Kier alpha value is -2.48. The molecule has 2 aromatic rings. The number of rotatable bonds is 3. The van der Waals surface area contributed by atoms with Gasteiger partial charge in [-0.15, -0.1) is 0 Å². The largest absolute Gasteiger partial charge is 0.328 e. The zero-order chi connectivity index (χ0) is 14.7. The molecule has 102 valence electrons. The third kappa shape index (κ3) is 3.09. The van der Waals surface area contributed by atoms with Gasteiger partial charge < -0.3 is 10.3 Å². The van der Waals surface area contributed by atoms with E-state index in [0.717, 1.165) is 0 Å². The topological polar surface area (TPSA) is 105 Å². The van der Waals surface area contributed by atoms with Crippen LogP contribution in [0, 0.1) is 10.1 Å². The number of nitro groups is 1. The average molecular weight is 338 g/mol. The molecule has 8 heteroatoms. The van der Waals surface area contributed by atoms with Crippen molar-refractivity contribution in [2.24, 2.45) is 0 Å². The van der Waals surface area contributed by atoms with Crippen LogP contribution >= 0.6 is 15.9 Å². The number of nitrogens with zero attached hydrogens (tertiary/aromatic N) is 1. The lowest BCUT2D eigenvalue weighted by Crippen LogP contribution is -2.14. The second kappa shape index (κ2) is 5.66. The zero-order valence-corrected chi connectivity index (χ0v) is 11.5. The summed E-state index contributed by atoms with van der Waals surface area (Å²) in [5.74, 6) is -0.429. The van der Waals surface area contributed by atoms with Gasteiger partial charge in [0.15, 0.2) is 0 Å². The monoisotopic (exact) mass is 337 g/mol. The quantitative estimate of drug-likeness (QED) is 0.662. The number of hydrogen-bond donors (Lipinski definition) is 2. The summed E-state index contributed by atoms with van der Waals surface area (Å²) >= 11 is 3.06. The highest BCUT2D eigenvalue weighted by Gasteiger charge is 2.13. The van der Waals surface area contributed by atoms with Gasteiger partial charge in [-0.05, 0) is 34.1 Å². The molecule has 20 heavy (non-hydrogen) atoms. The minimum Gasteiger partial charge on any atom is -0.328 e. The summed E-state index contributed by atoms with van der Waals surface area (Å²) in [5, 5.41) is 13.2. The number of anilines is 1. The van der Waals surface area contributed by atoms with Crippen molar-refractivity contribution in [3.63, 3.8) is 0 Å². The van der Waals surface area contributed by atoms with Gasteiger partial charge in [0.05, 0.1) is 15.0 Å². The summed E-state index contributed by atoms with van der Waals surface area (Å²) in [6.45, 7) is 0. The van der Waals surface area contributed by atoms with Crippen molar-refractivity contribution in [2.45, 2.75) is 0 Å². The summed E-state index contributed by atoms with van der Waals surface area (Å²) < 4.78 is 0.266. The predicted molar refractivity (Wildman–Crippen MR) is 75.8 cm³/mol. The normalized spacial score (nSPS) is 10.1. The first-order valence-corrected chi connectivity index (χ1v) is 6.21. The maximum absolute atomic E-state index is 11.9. The molecule has 1 heterocycles. The number of nitrogens with one attached hydrogen (secondary N) is 2. The number of aromatic nitrogens is 1. The summed E-state index contributed by atoms with van der Waals surface area (Å²) in [5.41, 5.74) is 0.282. The molecule has 1 aromatic carbocycles. The van der Waals surface area contributed by atoms with Crippen molar-refractivity contribution in [1.29, 1.82) is 0 Å². The highest BCUT2D eigenvalue weighted by atomic mass is 79.9. The standard InChI is InChI=1S/C12H8BrN3O4/c13-9-5-8(2-3-10(9)16(19)20)15-12(18)7-1-4-11(17)14-6-7/h1-6H,(H,14,17)(H,15,18). The molecule has 2 N–H and O–H groups in total. The molecule has 0 unspecified atom stereocenters. The Balaban J connectivity index is 2.20. The maximum atomic E-state index is 11.9. The Morgan fingerprint density at radius 1 is 1.30 bits per heavy atom. The van der Waals surface area contributed by atoms with Gasteiger partial charge in [-0.2, -0.15) is 0 Å². The Labute approximate surface area is 120 Å². The minimum atomic E-state index is -0.530. The smallest absolute Gasteiger partial charge is 0.283 e. The second-order valence-electron chi connectivity index (χ2n) is 3.82. The van der Waals surface area contributed by atoms with Crippen LogP contribution in [0.2, 0.25) is 0 Å². The summed E-state index contributed by atoms with van der Waals surface area (Å²) in [6, 6.07) is 6.76. The van der Waals surface area contributed by atoms with Gasteiger partial charge in [0.25, 0.3) is 11.6 Å². The average Bonchev–Trinajstić information content (AvgIpc) is 2.39. The van der Waals surface area contributed by atoms with E-state index in [1.807, 2.05) is 0 Å². The zero-order valence-electron chi connectivity index (χ0n) is 9.92. The van der Waals surface area contributed by atoms with Gasteiger partial charge in [0.1, 0.15) is 0 Å². The van der Waals surface area contributed by atoms with Crippen LogP contribution in [0.3, 0.4) is 0 Å². The number of aromatic amines is 1. The SMILES string of the molecule is O=C(Nc1ccc([N+](=O)[O-])c(Br)c1)c1ccc(=O)[nH]c1. The van der Waals surface area contributed by atoms with Crippen molar-refractivity contribution in [1.82, 2.24) is 4.98 Å². The van der Waals surface area contributed by atoms with Gasteiger partial charge in [0, 0.05) is 24.0 Å². The summed E-state index contributed by atoms with van der Waals surface area (Å²) in [6.07, 6.45) is 1.29. The van der Waals surface area contributed by atoms with Gasteiger partial charge >= 0.3 is 0 Å². The van der Waals surface area contributed by atoms with E-state index in [1.54, 1.807) is 0 Å². The molecule has 2 rings (SSSR count). The van der Waals surface area contributed by atoms with Crippen molar-refractivity contribution >= 4 is 33.2 Å². The van der Waals surface area contributed by atoms with E-state index in [2.05, 4.69) is 26.2 Å². The number of hydrogen-bond acceptors (Lipinski definition) is 4. The number of amides is 1. The summed E-state index contributed by atoms with van der Waals surface area (Å²) in [4.78, 5) is 35.3. The lowest BCUT2D eigenvalue weighted by atomic mass is 10.2. The number of carbonyl (C=O) groups excluding carboxylic acids is 1. The Kier molecular flexibility index (Phi) is 3.94. The number of H-pyrrole nitrogens is 1. The molecule has 0 aliphatic carbocycles. The van der Waals surface area contributed by atoms with E-state index in [0.29, 0.717) is 5.69 Å². The Morgan fingerprint density at radius 2 is 2.05 bits per heavy atom. The Bertz CT molecular complexity index is 721. The van der Waals surface area contributed by atoms with Crippen LogP contribution in [0.5, 0.6) is 0 Å². The third-order valence-electron chi connectivity index (χ3n) is 2.45. The first-order chi connectivity index (χ1) is 9.47. The van der Waals surface area contributed by atoms with Crippen LogP contribution in [0.4, 0.5) is 11.4 Å². The second-order valence-corrected chi connectivity index (χ2v) is 4.67. The van der Waals surface area contributed by atoms with Crippen LogP contribution in [-0.4, -0.2) is 15.8 Å². The molecule has 0 aliphatic rings. The number of carbonyl (C=O) groups is 1. The fourth-order valence-corrected chi connectivity index (χ4v) is 2.01. The fourth-order valence-electron chi connectivity index (χ4n) is 1.49. The van der Waals surface area contributed by atoms with Crippen LogP contribution in [0.25, 0.3) is 0 Å². The summed E-state index contributed by atoms with van der Waals surface area (Å²) in [7, 11) is 0. The minimum absolute atomic E-state index is 0.0907. The molecule has 0 fully saturated rings. The van der Waals surface area contributed by atoms with Crippen LogP contribution in [0.1, 0.15) is 10.4 Å². The van der Waals surface area contributed by atoms with Crippen LogP contribution in [-0.2, 0) is 0 Å². The van der Waals surface area contributed by atoms with Crippen LogP contribution in [0.15, 0.2) is 45.8 Å². The molecular formula is C12H8BrN3O4. The highest BCUT2D eigenvalue weighted by Crippen LogP contribution is 2.27. The lowest BCUT2D eigenvalue weighted by molar-refractivity contribution is -0.385. The van der Waals surface area contributed by atoms with Gasteiger partial charge in [-0.3, -0.25) is 19.7 Å². The molecular weight excluding hydrogens is 330 g/mol. The van der Waals surface area contributed by atoms with Crippen molar-refractivity contribution in [2.75, 3.05) is 5.32 Å². The molecule has 0 bridgehead atoms. The first-order valence-electron chi connectivity index (χ1n) is 5.41. The maximum Gasteiger partial charge on any atom is 0.283 e. The van der Waals surface area contributed by atoms with E-state index in [-0.39, 0.29) is 21.3 Å². The van der Waals surface area contributed by atoms with E-state index >= 15 is 0 Å². The molecule has 0 saturated carbocycles. The van der Waals surface area contributed by atoms with Gasteiger partial charge in [0.2, 0.25) is 5.56 Å². The number of nitro benzene ring substituents is 1. The van der Waals surface area contributed by atoms with E-state index in [9.17, 15) is 19.7 Å². The van der Waals surface area contributed by atoms with E-state index < -0.39 is 10.8 Å². The van der Waals surface area contributed by atoms with Crippen LogP contribution < -0.4 is 10.9 Å². The number of pyridine rings is 1. The van der Waals surface area contributed by atoms with Crippen molar-refractivity contribution in [3.8, 4) is 0 Å². The van der Waals surface area contributed by atoms with Gasteiger partial charge in [-0.25, -0.2) is 0 Å². The molecule has 0 aliphatic heterocycles. The first kappa shape index (κ1) is 13.9. The molecule has 7 nitrogen and oxygen atoms in total. The third-order valence-corrected chi connectivity index (χ3v) is 3.08. The molecule has 0 spiro atoms. The Morgan fingerprint density at radius 3 is 2.60 bits per heavy atom. The van der Waals surface area contributed by atoms with E-state index in [1.165, 1.54) is 36.5 Å². The highest BCUT2D eigenvalue weighted by molar-refractivity contribution is 9.10. The number of halogens is 1.